The largest absolute Gasteiger partial charge is 0.394 e. The molecule has 1 aromatic carbocycles. The Bertz CT molecular complexity index is 357. The molecule has 0 saturated carbocycles. The number of rotatable bonds is 6. The van der Waals surface area contributed by atoms with Crippen molar-refractivity contribution in [2.24, 2.45) is 5.73 Å². The molecule has 1 rings (SSSR count). The summed E-state index contributed by atoms with van der Waals surface area (Å²) in [4.78, 5) is 11.1. The van der Waals surface area contributed by atoms with Gasteiger partial charge in [-0.3, -0.25) is 4.79 Å². The second kappa shape index (κ2) is 6.52. The molecule has 0 bridgehead atoms. The average molecular weight is 241 g/mol. The number of carbonyl (C=O) groups excluding carboxylic acids is 1. The molecule has 4 nitrogen and oxygen atoms in total. The van der Waals surface area contributed by atoms with E-state index in [9.17, 15) is 4.79 Å². The van der Waals surface area contributed by atoms with Gasteiger partial charge in [-0.2, -0.15) is 11.8 Å². The van der Waals surface area contributed by atoms with E-state index in [0.717, 1.165) is 5.56 Å². The van der Waals surface area contributed by atoms with Crippen LogP contribution >= 0.6 is 11.8 Å². The first-order chi connectivity index (χ1) is 7.65. The highest BCUT2D eigenvalue weighted by Gasteiger charge is 2.08. The molecule has 0 aliphatic rings. The first kappa shape index (κ1) is 13.0. The summed E-state index contributed by atoms with van der Waals surface area (Å²) >= 11 is 1.45. The van der Waals surface area contributed by atoms with E-state index < -0.39 is 12.0 Å². The van der Waals surface area contributed by atoms with Gasteiger partial charge in [-0.25, -0.2) is 0 Å². The number of carbonyl (C=O) groups is 1. The molecule has 0 radical (unpaired) electrons. The van der Waals surface area contributed by atoms with Crippen LogP contribution in [-0.2, 0) is 5.75 Å². The van der Waals surface area contributed by atoms with E-state index in [1.54, 1.807) is 12.1 Å². The SMILES string of the molecule is NC(=O)c1ccccc1CSCC(O)CO. The number of nitrogens with two attached hydrogens (primary N) is 1. The van der Waals surface area contributed by atoms with Crippen LogP contribution in [0.2, 0.25) is 0 Å². The normalized spacial score (nSPS) is 12.4. The first-order valence-corrected chi connectivity index (χ1v) is 6.05. The van der Waals surface area contributed by atoms with Crippen LogP contribution in [-0.4, -0.2) is 34.6 Å². The molecule has 88 valence electrons. The van der Waals surface area contributed by atoms with Crippen molar-refractivity contribution in [2.75, 3.05) is 12.4 Å². The molecule has 4 N–H and O–H groups in total. The lowest BCUT2D eigenvalue weighted by Crippen LogP contribution is -2.16. The Balaban J connectivity index is 2.56. The molecule has 1 amide bonds. The highest BCUT2D eigenvalue weighted by molar-refractivity contribution is 7.98. The van der Waals surface area contributed by atoms with Gasteiger partial charge in [0.1, 0.15) is 0 Å². The Labute approximate surface area is 98.5 Å². The Morgan fingerprint density at radius 2 is 2.12 bits per heavy atom. The Morgan fingerprint density at radius 3 is 2.75 bits per heavy atom. The van der Waals surface area contributed by atoms with Crippen molar-refractivity contribution in [3.8, 4) is 0 Å². The third kappa shape index (κ3) is 3.84. The van der Waals surface area contributed by atoms with E-state index >= 15 is 0 Å². The summed E-state index contributed by atoms with van der Waals surface area (Å²) in [7, 11) is 0. The summed E-state index contributed by atoms with van der Waals surface area (Å²) in [6.07, 6.45) is -0.717. The zero-order valence-electron chi connectivity index (χ0n) is 8.80. The number of thioether (sulfide) groups is 1. The predicted octanol–water partition coefficient (Wildman–Crippen LogP) is 0.372. The van der Waals surface area contributed by atoms with Gasteiger partial charge >= 0.3 is 0 Å². The van der Waals surface area contributed by atoms with Gasteiger partial charge in [0.15, 0.2) is 0 Å². The molecule has 0 aliphatic carbocycles. The maximum absolute atomic E-state index is 11.1. The molecular weight excluding hydrogens is 226 g/mol. The number of primary amides is 1. The second-order valence-corrected chi connectivity index (χ2v) is 4.40. The van der Waals surface area contributed by atoms with Crippen LogP contribution in [0.1, 0.15) is 15.9 Å². The molecule has 0 fully saturated rings. The third-order valence-corrected chi connectivity index (χ3v) is 3.20. The molecule has 5 heteroatoms. The maximum Gasteiger partial charge on any atom is 0.249 e. The van der Waals surface area contributed by atoms with Gasteiger partial charge in [-0.05, 0) is 11.6 Å². The Hall–Kier alpha value is -1.04. The zero-order valence-corrected chi connectivity index (χ0v) is 9.61. The van der Waals surface area contributed by atoms with Gasteiger partial charge in [0.2, 0.25) is 5.91 Å². The van der Waals surface area contributed by atoms with Crippen LogP contribution in [0.25, 0.3) is 0 Å². The summed E-state index contributed by atoms with van der Waals surface area (Å²) in [5, 5.41) is 17.8. The predicted molar refractivity (Wildman–Crippen MR) is 64.2 cm³/mol. The average Bonchev–Trinajstić information content (AvgIpc) is 2.29. The zero-order chi connectivity index (χ0) is 12.0. The lowest BCUT2D eigenvalue weighted by atomic mass is 10.1. The van der Waals surface area contributed by atoms with Gasteiger partial charge in [-0.15, -0.1) is 0 Å². The van der Waals surface area contributed by atoms with Crippen molar-refractivity contribution in [3.05, 3.63) is 35.4 Å². The van der Waals surface area contributed by atoms with Crippen LogP contribution in [0.3, 0.4) is 0 Å². The fraction of sp³-hybridized carbons (Fsp3) is 0.364. The lowest BCUT2D eigenvalue weighted by molar-refractivity contribution is 0.0999. The van der Waals surface area contributed by atoms with Crippen LogP contribution in [0.4, 0.5) is 0 Å². The minimum Gasteiger partial charge on any atom is -0.394 e. The van der Waals surface area contributed by atoms with Crippen LogP contribution in [0, 0.1) is 0 Å². The summed E-state index contributed by atoms with van der Waals surface area (Å²) in [6.45, 7) is -0.246. The molecule has 0 aromatic heterocycles. The number of hydrogen-bond donors (Lipinski definition) is 3. The first-order valence-electron chi connectivity index (χ1n) is 4.89. The third-order valence-electron chi connectivity index (χ3n) is 2.06. The van der Waals surface area contributed by atoms with Crippen LogP contribution in [0.5, 0.6) is 0 Å². The lowest BCUT2D eigenvalue weighted by Gasteiger charge is -2.08. The topological polar surface area (TPSA) is 83.6 Å². The molecule has 0 heterocycles. The van der Waals surface area contributed by atoms with Crippen molar-refractivity contribution < 1.29 is 15.0 Å². The number of amides is 1. The highest BCUT2D eigenvalue weighted by Crippen LogP contribution is 2.16. The Kier molecular flexibility index (Phi) is 5.31. The smallest absolute Gasteiger partial charge is 0.249 e. The van der Waals surface area contributed by atoms with E-state index in [-0.39, 0.29) is 6.61 Å². The summed E-state index contributed by atoms with van der Waals surface area (Å²) in [5.41, 5.74) is 6.59. The van der Waals surface area contributed by atoms with Gasteiger partial charge in [-0.1, -0.05) is 18.2 Å². The molecule has 0 saturated heterocycles. The minimum absolute atomic E-state index is 0.246. The van der Waals surface area contributed by atoms with Crippen molar-refractivity contribution in [2.45, 2.75) is 11.9 Å². The number of benzene rings is 1. The Morgan fingerprint density at radius 1 is 1.44 bits per heavy atom. The minimum atomic E-state index is -0.717. The van der Waals surface area contributed by atoms with Gasteiger partial charge < -0.3 is 15.9 Å². The molecule has 16 heavy (non-hydrogen) atoms. The number of hydrogen-bond acceptors (Lipinski definition) is 4. The van der Waals surface area contributed by atoms with Crippen molar-refractivity contribution in [1.29, 1.82) is 0 Å². The van der Waals surface area contributed by atoms with Crippen molar-refractivity contribution in [3.63, 3.8) is 0 Å². The molecule has 1 unspecified atom stereocenters. The van der Waals surface area contributed by atoms with Crippen LogP contribution < -0.4 is 5.73 Å². The van der Waals surface area contributed by atoms with Gasteiger partial charge in [0.05, 0.1) is 12.7 Å². The highest BCUT2D eigenvalue weighted by atomic mass is 32.2. The maximum atomic E-state index is 11.1. The monoisotopic (exact) mass is 241 g/mol. The van der Waals surface area contributed by atoms with E-state index in [4.69, 9.17) is 15.9 Å². The molecule has 1 aromatic rings. The summed E-state index contributed by atoms with van der Waals surface area (Å²) < 4.78 is 0. The van der Waals surface area contributed by atoms with Crippen molar-refractivity contribution in [1.82, 2.24) is 0 Å². The second-order valence-electron chi connectivity index (χ2n) is 3.37. The number of aliphatic hydroxyl groups excluding tert-OH is 2. The molecular formula is C11H15NO3S. The van der Waals surface area contributed by atoms with E-state index in [1.165, 1.54) is 11.8 Å². The summed E-state index contributed by atoms with van der Waals surface area (Å²) in [6, 6.07) is 7.11. The fourth-order valence-electron chi connectivity index (χ4n) is 1.24. The van der Waals surface area contributed by atoms with Crippen molar-refractivity contribution >= 4 is 17.7 Å². The molecule has 0 aliphatic heterocycles. The van der Waals surface area contributed by atoms with E-state index in [0.29, 0.717) is 17.1 Å². The molecule has 1 atom stereocenters. The van der Waals surface area contributed by atoms with E-state index in [1.807, 2.05) is 12.1 Å². The summed E-state index contributed by atoms with van der Waals surface area (Å²) in [5.74, 6) is 0.582. The van der Waals surface area contributed by atoms with E-state index in [2.05, 4.69) is 0 Å². The fourth-order valence-corrected chi connectivity index (χ4v) is 2.21. The standard InChI is InChI=1S/C11H15NO3S/c12-11(15)10-4-2-1-3-8(10)6-16-7-9(14)5-13/h1-4,9,13-14H,5-7H2,(H2,12,15). The van der Waals surface area contributed by atoms with Crippen LogP contribution in [0.15, 0.2) is 24.3 Å². The van der Waals surface area contributed by atoms with Gasteiger partial charge in [0, 0.05) is 17.1 Å². The quantitative estimate of drug-likeness (QED) is 0.672. The molecule has 0 spiro atoms. The van der Waals surface area contributed by atoms with Gasteiger partial charge in [0.25, 0.3) is 0 Å². The number of aliphatic hydroxyl groups is 2.